The average molecular weight is 270 g/mol. The molecule has 2 atom stereocenters. The number of aliphatic carboxylic acids is 1. The van der Waals surface area contributed by atoms with Crippen molar-refractivity contribution in [2.24, 2.45) is 11.8 Å². The van der Waals surface area contributed by atoms with Gasteiger partial charge in [0.05, 0.1) is 0 Å². The van der Waals surface area contributed by atoms with Gasteiger partial charge in [0, 0.05) is 12.6 Å². The fraction of sp³-hybridized carbons (Fsp3) is 0.933. The molecule has 1 saturated carbocycles. The third-order valence-electron chi connectivity index (χ3n) is 4.51. The van der Waals surface area contributed by atoms with Crippen LogP contribution in [0.25, 0.3) is 0 Å². The molecule has 4 heteroatoms. The number of rotatable bonds is 9. The first-order chi connectivity index (χ1) is 8.85. The fourth-order valence-electron chi connectivity index (χ4n) is 2.62. The Balaban J connectivity index is 2.81. The van der Waals surface area contributed by atoms with E-state index in [-0.39, 0.29) is 0 Å². The SMILES string of the molecule is CCCNC(CN(C)C(C)C(C)C)(C(=O)O)C1CC1. The summed E-state index contributed by atoms with van der Waals surface area (Å²) in [5.41, 5.74) is -0.756. The molecule has 0 saturated heterocycles. The van der Waals surface area contributed by atoms with Crippen molar-refractivity contribution in [2.45, 2.75) is 58.5 Å². The molecule has 1 rings (SSSR count). The van der Waals surface area contributed by atoms with Crippen molar-refractivity contribution in [3.63, 3.8) is 0 Å². The van der Waals surface area contributed by atoms with Crippen molar-refractivity contribution < 1.29 is 9.90 Å². The van der Waals surface area contributed by atoms with Crippen LogP contribution in [0.1, 0.15) is 47.0 Å². The van der Waals surface area contributed by atoms with Gasteiger partial charge in [0.2, 0.25) is 0 Å². The Kier molecular flexibility index (Phi) is 5.81. The number of nitrogens with zero attached hydrogens (tertiary/aromatic N) is 1. The molecule has 0 heterocycles. The lowest BCUT2D eigenvalue weighted by molar-refractivity contribution is -0.147. The van der Waals surface area contributed by atoms with Gasteiger partial charge in [-0.15, -0.1) is 0 Å². The van der Waals surface area contributed by atoms with Crippen LogP contribution >= 0.6 is 0 Å². The molecule has 0 aromatic carbocycles. The molecule has 2 N–H and O–H groups in total. The first-order valence-electron chi connectivity index (χ1n) is 7.53. The summed E-state index contributed by atoms with van der Waals surface area (Å²) in [7, 11) is 2.04. The van der Waals surface area contributed by atoms with Gasteiger partial charge in [0.25, 0.3) is 0 Å². The van der Waals surface area contributed by atoms with Crippen molar-refractivity contribution in [3.05, 3.63) is 0 Å². The summed E-state index contributed by atoms with van der Waals surface area (Å²) in [6, 6.07) is 0.390. The standard InChI is InChI=1S/C15H30N2O2/c1-6-9-16-15(14(18)19,13-7-8-13)10-17(5)12(4)11(2)3/h11-13,16H,6-10H2,1-5H3,(H,18,19). The Morgan fingerprint density at radius 2 is 2.00 bits per heavy atom. The highest BCUT2D eigenvalue weighted by molar-refractivity contribution is 5.80. The molecular formula is C15H30N2O2. The van der Waals surface area contributed by atoms with Gasteiger partial charge in [0.15, 0.2) is 0 Å². The summed E-state index contributed by atoms with van der Waals surface area (Å²) in [5.74, 6) is 0.131. The van der Waals surface area contributed by atoms with Gasteiger partial charge in [-0.1, -0.05) is 20.8 Å². The van der Waals surface area contributed by atoms with E-state index in [4.69, 9.17) is 0 Å². The molecule has 0 aromatic rings. The van der Waals surface area contributed by atoms with Crippen molar-refractivity contribution in [1.29, 1.82) is 0 Å². The van der Waals surface area contributed by atoms with E-state index in [1.807, 2.05) is 7.05 Å². The molecule has 2 unspecified atom stereocenters. The maximum absolute atomic E-state index is 11.8. The van der Waals surface area contributed by atoms with Crippen LogP contribution in [0.2, 0.25) is 0 Å². The third kappa shape index (κ3) is 3.93. The van der Waals surface area contributed by atoms with Gasteiger partial charge < -0.3 is 15.3 Å². The van der Waals surface area contributed by atoms with E-state index in [9.17, 15) is 9.90 Å². The summed E-state index contributed by atoms with van der Waals surface area (Å²) in [5, 5.41) is 13.1. The Hall–Kier alpha value is -0.610. The Bertz CT molecular complexity index is 303. The first-order valence-corrected chi connectivity index (χ1v) is 7.53. The molecular weight excluding hydrogens is 240 g/mol. The highest BCUT2D eigenvalue weighted by atomic mass is 16.4. The maximum Gasteiger partial charge on any atom is 0.325 e. The number of hydrogen-bond donors (Lipinski definition) is 2. The molecule has 0 aromatic heterocycles. The second kappa shape index (κ2) is 6.71. The van der Waals surface area contributed by atoms with E-state index >= 15 is 0 Å². The maximum atomic E-state index is 11.8. The monoisotopic (exact) mass is 270 g/mol. The Labute approximate surface area is 117 Å². The lowest BCUT2D eigenvalue weighted by Crippen LogP contribution is -2.61. The zero-order valence-electron chi connectivity index (χ0n) is 13.1. The molecule has 0 bridgehead atoms. The zero-order chi connectivity index (χ0) is 14.6. The summed E-state index contributed by atoms with van der Waals surface area (Å²) >= 11 is 0. The second-order valence-electron chi connectivity index (χ2n) is 6.38. The van der Waals surface area contributed by atoms with E-state index in [1.165, 1.54) is 0 Å². The summed E-state index contributed by atoms with van der Waals surface area (Å²) in [6.07, 6.45) is 3.03. The molecule has 0 radical (unpaired) electrons. The van der Waals surface area contributed by atoms with Crippen LogP contribution in [0.5, 0.6) is 0 Å². The third-order valence-corrected chi connectivity index (χ3v) is 4.51. The molecule has 4 nitrogen and oxygen atoms in total. The van der Waals surface area contributed by atoms with Crippen LogP contribution in [-0.2, 0) is 4.79 Å². The molecule has 0 aliphatic heterocycles. The first kappa shape index (κ1) is 16.4. The van der Waals surface area contributed by atoms with Crippen molar-refractivity contribution in [1.82, 2.24) is 10.2 Å². The number of likely N-dealkylation sites (N-methyl/N-ethyl adjacent to an activating group) is 1. The van der Waals surface area contributed by atoms with Crippen molar-refractivity contribution in [3.8, 4) is 0 Å². The topological polar surface area (TPSA) is 52.6 Å². The molecule has 0 spiro atoms. The van der Waals surface area contributed by atoms with Crippen molar-refractivity contribution >= 4 is 5.97 Å². The van der Waals surface area contributed by atoms with Gasteiger partial charge in [-0.2, -0.15) is 0 Å². The van der Waals surface area contributed by atoms with Crippen LogP contribution in [0.4, 0.5) is 0 Å². The fourth-order valence-corrected chi connectivity index (χ4v) is 2.62. The molecule has 1 fully saturated rings. The number of carboxylic acid groups (broad SMARTS) is 1. The summed E-state index contributed by atoms with van der Waals surface area (Å²) in [4.78, 5) is 14.0. The molecule has 112 valence electrons. The quantitative estimate of drug-likeness (QED) is 0.674. The zero-order valence-corrected chi connectivity index (χ0v) is 13.1. The number of carbonyl (C=O) groups is 1. The molecule has 19 heavy (non-hydrogen) atoms. The van der Waals surface area contributed by atoms with Crippen LogP contribution in [0.15, 0.2) is 0 Å². The second-order valence-corrected chi connectivity index (χ2v) is 6.38. The van der Waals surface area contributed by atoms with Crippen LogP contribution in [-0.4, -0.2) is 47.7 Å². The van der Waals surface area contributed by atoms with E-state index in [0.717, 1.165) is 25.8 Å². The largest absolute Gasteiger partial charge is 0.480 e. The summed E-state index contributed by atoms with van der Waals surface area (Å²) < 4.78 is 0. The molecule has 1 aliphatic carbocycles. The van der Waals surface area contributed by atoms with Gasteiger partial charge in [-0.05, 0) is 51.6 Å². The molecule has 0 amide bonds. The average Bonchev–Trinajstić information content (AvgIpc) is 3.17. The Morgan fingerprint density at radius 1 is 1.42 bits per heavy atom. The number of carboxylic acids is 1. The van der Waals surface area contributed by atoms with Gasteiger partial charge >= 0.3 is 5.97 Å². The van der Waals surface area contributed by atoms with Crippen LogP contribution in [0.3, 0.4) is 0 Å². The lowest BCUT2D eigenvalue weighted by atomic mass is 9.90. The van der Waals surface area contributed by atoms with Gasteiger partial charge in [0.1, 0.15) is 5.54 Å². The smallest absolute Gasteiger partial charge is 0.325 e. The van der Waals surface area contributed by atoms with Crippen molar-refractivity contribution in [2.75, 3.05) is 20.1 Å². The minimum atomic E-state index is -0.756. The minimum Gasteiger partial charge on any atom is -0.480 e. The van der Waals surface area contributed by atoms with E-state index < -0.39 is 11.5 Å². The molecule has 1 aliphatic rings. The van der Waals surface area contributed by atoms with E-state index in [2.05, 4.69) is 37.9 Å². The Morgan fingerprint density at radius 3 is 2.37 bits per heavy atom. The van der Waals surface area contributed by atoms with Crippen LogP contribution < -0.4 is 5.32 Å². The minimum absolute atomic E-state index is 0.290. The summed E-state index contributed by atoms with van der Waals surface area (Å²) in [6.45, 7) is 9.97. The van der Waals surface area contributed by atoms with Crippen LogP contribution in [0, 0.1) is 11.8 Å². The van der Waals surface area contributed by atoms with E-state index in [0.29, 0.717) is 24.4 Å². The highest BCUT2D eigenvalue weighted by Gasteiger charge is 2.51. The van der Waals surface area contributed by atoms with E-state index in [1.54, 1.807) is 0 Å². The lowest BCUT2D eigenvalue weighted by Gasteiger charge is -2.38. The predicted molar refractivity (Wildman–Crippen MR) is 78.3 cm³/mol. The number of hydrogen-bond acceptors (Lipinski definition) is 3. The number of nitrogens with one attached hydrogen (secondary N) is 1. The predicted octanol–water partition coefficient (Wildman–Crippen LogP) is 2.20. The normalized spacial score (nSPS) is 20.6. The van der Waals surface area contributed by atoms with Gasteiger partial charge in [-0.25, -0.2) is 0 Å². The highest BCUT2D eigenvalue weighted by Crippen LogP contribution is 2.40. The van der Waals surface area contributed by atoms with Gasteiger partial charge in [-0.3, -0.25) is 4.79 Å².